The molecule has 0 saturated heterocycles. The highest BCUT2D eigenvalue weighted by atomic mass is 15.1. The smallest absolute Gasteiger partial charge is 0.0407 e. The van der Waals surface area contributed by atoms with Gasteiger partial charge in [-0.1, -0.05) is 19.1 Å². The quantitative estimate of drug-likeness (QED) is 0.821. The molecule has 1 saturated carbocycles. The fourth-order valence-electron chi connectivity index (χ4n) is 3.30. The molecule has 0 radical (unpaired) electrons. The van der Waals surface area contributed by atoms with Gasteiger partial charge in [-0.15, -0.1) is 0 Å². The van der Waals surface area contributed by atoms with Gasteiger partial charge in [-0.3, -0.25) is 0 Å². The van der Waals surface area contributed by atoms with Crippen LogP contribution in [0.15, 0.2) is 23.9 Å². The van der Waals surface area contributed by atoms with Crippen molar-refractivity contribution in [3.8, 4) is 0 Å². The van der Waals surface area contributed by atoms with Crippen LogP contribution in [-0.2, 0) is 0 Å². The molecular formula is C16H29N3. The van der Waals surface area contributed by atoms with Crippen LogP contribution in [0.2, 0.25) is 0 Å². The topological polar surface area (TPSA) is 55.3 Å². The third kappa shape index (κ3) is 3.40. The van der Waals surface area contributed by atoms with Crippen LogP contribution in [0.5, 0.6) is 0 Å². The van der Waals surface area contributed by atoms with Crippen LogP contribution < -0.4 is 11.5 Å². The van der Waals surface area contributed by atoms with Gasteiger partial charge in [-0.05, 0) is 50.0 Å². The van der Waals surface area contributed by atoms with Crippen molar-refractivity contribution in [1.29, 1.82) is 0 Å². The summed E-state index contributed by atoms with van der Waals surface area (Å²) in [6, 6.07) is 0.421. The van der Waals surface area contributed by atoms with Crippen LogP contribution in [0.25, 0.3) is 0 Å². The summed E-state index contributed by atoms with van der Waals surface area (Å²) in [5, 5.41) is 0. The van der Waals surface area contributed by atoms with Crippen molar-refractivity contribution in [2.75, 3.05) is 14.1 Å². The molecule has 0 bridgehead atoms. The Labute approximate surface area is 117 Å². The lowest BCUT2D eigenvalue weighted by Gasteiger charge is -2.39. The summed E-state index contributed by atoms with van der Waals surface area (Å²) in [6.07, 6.45) is 12.6. The van der Waals surface area contributed by atoms with Crippen molar-refractivity contribution < 1.29 is 0 Å². The molecule has 3 nitrogen and oxygen atoms in total. The molecule has 2 rings (SSSR count). The highest BCUT2D eigenvalue weighted by Gasteiger charge is 2.34. The molecule has 2 aliphatic rings. The monoisotopic (exact) mass is 263 g/mol. The second-order valence-electron chi connectivity index (χ2n) is 6.71. The number of nitrogens with two attached hydrogens (primary N) is 2. The van der Waals surface area contributed by atoms with E-state index in [0.29, 0.717) is 12.0 Å². The molecular weight excluding hydrogens is 234 g/mol. The summed E-state index contributed by atoms with van der Waals surface area (Å²) in [7, 11) is 4.16. The van der Waals surface area contributed by atoms with Gasteiger partial charge in [-0.25, -0.2) is 0 Å². The summed E-state index contributed by atoms with van der Waals surface area (Å²) in [6.45, 7) is 2.24. The molecule has 0 aromatic rings. The average molecular weight is 263 g/mol. The molecule has 3 heteroatoms. The second kappa shape index (κ2) is 5.68. The van der Waals surface area contributed by atoms with Gasteiger partial charge in [0, 0.05) is 31.4 Å². The van der Waals surface area contributed by atoms with E-state index in [0.717, 1.165) is 25.2 Å². The summed E-state index contributed by atoms with van der Waals surface area (Å²) < 4.78 is 0. The molecule has 0 heterocycles. The van der Waals surface area contributed by atoms with Crippen molar-refractivity contribution in [1.82, 2.24) is 4.90 Å². The first-order valence-corrected chi connectivity index (χ1v) is 7.53. The molecule has 0 spiro atoms. The summed E-state index contributed by atoms with van der Waals surface area (Å²) in [4.78, 5) is 2.15. The first kappa shape index (κ1) is 14.6. The van der Waals surface area contributed by atoms with Crippen molar-refractivity contribution in [3.05, 3.63) is 23.9 Å². The number of hydrogen-bond acceptors (Lipinski definition) is 3. The van der Waals surface area contributed by atoms with Crippen LogP contribution in [0.3, 0.4) is 0 Å². The maximum atomic E-state index is 6.65. The Morgan fingerprint density at radius 3 is 2.42 bits per heavy atom. The largest absolute Gasteiger partial charge is 0.378 e. The summed E-state index contributed by atoms with van der Waals surface area (Å²) >= 11 is 0. The standard InChI is InChI=1S/C16H29N3/c1-12-10-15(19(2)3)8-9-16(12,18)11-13-4-6-14(17)7-5-13/h8-10,12-14H,4-7,11,17-18H2,1-3H3. The molecule has 4 N–H and O–H groups in total. The molecule has 108 valence electrons. The highest BCUT2D eigenvalue weighted by molar-refractivity contribution is 5.30. The van der Waals surface area contributed by atoms with E-state index in [2.05, 4.69) is 44.1 Å². The Balaban J connectivity index is 1.99. The zero-order chi connectivity index (χ0) is 14.0. The molecule has 19 heavy (non-hydrogen) atoms. The van der Waals surface area contributed by atoms with Gasteiger partial charge in [0.2, 0.25) is 0 Å². The van der Waals surface area contributed by atoms with Gasteiger partial charge in [0.05, 0.1) is 0 Å². The second-order valence-corrected chi connectivity index (χ2v) is 6.71. The molecule has 2 atom stereocenters. The van der Waals surface area contributed by atoms with E-state index in [9.17, 15) is 0 Å². The number of nitrogens with zero attached hydrogens (tertiary/aromatic N) is 1. The van der Waals surface area contributed by atoms with Crippen LogP contribution >= 0.6 is 0 Å². The Morgan fingerprint density at radius 2 is 1.89 bits per heavy atom. The minimum Gasteiger partial charge on any atom is -0.378 e. The number of rotatable bonds is 3. The normalized spacial score (nSPS) is 39.0. The minimum absolute atomic E-state index is 0.175. The highest BCUT2D eigenvalue weighted by Crippen LogP contribution is 2.36. The minimum atomic E-state index is -0.175. The van der Waals surface area contributed by atoms with Crippen LogP contribution in [0.1, 0.15) is 39.0 Å². The lowest BCUT2D eigenvalue weighted by atomic mass is 9.72. The van der Waals surface area contributed by atoms with E-state index in [-0.39, 0.29) is 5.54 Å². The van der Waals surface area contributed by atoms with E-state index >= 15 is 0 Å². The first-order valence-electron chi connectivity index (χ1n) is 7.53. The lowest BCUT2D eigenvalue weighted by Crippen LogP contribution is -2.47. The molecule has 0 aromatic carbocycles. The van der Waals surface area contributed by atoms with Gasteiger partial charge in [0.15, 0.2) is 0 Å². The van der Waals surface area contributed by atoms with Gasteiger partial charge in [-0.2, -0.15) is 0 Å². The van der Waals surface area contributed by atoms with Gasteiger partial charge in [0.1, 0.15) is 0 Å². The zero-order valence-electron chi connectivity index (χ0n) is 12.6. The Kier molecular flexibility index (Phi) is 4.36. The maximum Gasteiger partial charge on any atom is 0.0407 e. The van der Waals surface area contributed by atoms with Crippen molar-refractivity contribution >= 4 is 0 Å². The predicted molar refractivity (Wildman–Crippen MR) is 81.5 cm³/mol. The molecule has 0 aromatic heterocycles. The number of hydrogen-bond donors (Lipinski definition) is 2. The first-order chi connectivity index (χ1) is 8.90. The van der Waals surface area contributed by atoms with Crippen LogP contribution in [0, 0.1) is 11.8 Å². The van der Waals surface area contributed by atoms with Crippen molar-refractivity contribution in [2.45, 2.75) is 50.6 Å². The molecule has 1 fully saturated rings. The zero-order valence-corrected chi connectivity index (χ0v) is 12.6. The molecule has 2 aliphatic carbocycles. The maximum absolute atomic E-state index is 6.65. The Morgan fingerprint density at radius 1 is 1.26 bits per heavy atom. The van der Waals surface area contributed by atoms with Gasteiger partial charge in [0.25, 0.3) is 0 Å². The number of likely N-dealkylation sites (N-methyl/N-ethyl adjacent to an activating group) is 1. The summed E-state index contributed by atoms with van der Waals surface area (Å²) in [5.41, 5.74) is 13.7. The van der Waals surface area contributed by atoms with Gasteiger partial charge >= 0.3 is 0 Å². The van der Waals surface area contributed by atoms with Gasteiger partial charge < -0.3 is 16.4 Å². The van der Waals surface area contributed by atoms with E-state index in [1.807, 2.05) is 0 Å². The van der Waals surface area contributed by atoms with Crippen LogP contribution in [0.4, 0.5) is 0 Å². The Bertz CT molecular complexity index is 364. The van der Waals surface area contributed by atoms with E-state index in [1.165, 1.54) is 18.5 Å². The predicted octanol–water partition coefficient (Wildman–Crippen LogP) is 2.24. The third-order valence-corrected chi connectivity index (χ3v) is 4.88. The molecule has 0 amide bonds. The van der Waals surface area contributed by atoms with E-state index in [1.54, 1.807) is 0 Å². The Hall–Kier alpha value is -0.800. The SMILES string of the molecule is CC1C=C(N(C)C)C=CC1(N)CC1CCC(N)CC1. The van der Waals surface area contributed by atoms with Crippen molar-refractivity contribution in [3.63, 3.8) is 0 Å². The van der Waals surface area contributed by atoms with E-state index < -0.39 is 0 Å². The van der Waals surface area contributed by atoms with E-state index in [4.69, 9.17) is 11.5 Å². The average Bonchev–Trinajstić information content (AvgIpc) is 2.35. The number of allylic oxidation sites excluding steroid dienone is 1. The molecule has 2 unspecified atom stereocenters. The van der Waals surface area contributed by atoms with Crippen molar-refractivity contribution in [2.24, 2.45) is 23.3 Å². The van der Waals surface area contributed by atoms with Crippen LogP contribution in [-0.4, -0.2) is 30.6 Å². The summed E-state index contributed by atoms with van der Waals surface area (Å²) in [5.74, 6) is 1.14. The molecule has 0 aliphatic heterocycles. The third-order valence-electron chi connectivity index (χ3n) is 4.88. The fraction of sp³-hybridized carbons (Fsp3) is 0.750. The fourth-order valence-corrected chi connectivity index (χ4v) is 3.30. The lowest BCUT2D eigenvalue weighted by molar-refractivity contribution is 0.243.